The molecule has 0 aromatic rings. The minimum atomic E-state index is -1.35. The summed E-state index contributed by atoms with van der Waals surface area (Å²) >= 11 is 0. The number of hydrogen-bond acceptors (Lipinski definition) is 2. The SMILES string of the molecule is CCCO[Si](C)(C)CCCC1CCC2OC2C1. The quantitative estimate of drug-likeness (QED) is 0.508. The van der Waals surface area contributed by atoms with Crippen molar-refractivity contribution in [3.05, 3.63) is 0 Å². The molecule has 100 valence electrons. The van der Waals surface area contributed by atoms with Crippen LogP contribution in [0.25, 0.3) is 0 Å². The van der Waals surface area contributed by atoms with Crippen molar-refractivity contribution >= 4 is 8.32 Å². The Morgan fingerprint density at radius 1 is 1.24 bits per heavy atom. The average Bonchev–Trinajstić information content (AvgIpc) is 3.04. The molecule has 2 fully saturated rings. The second kappa shape index (κ2) is 5.85. The van der Waals surface area contributed by atoms with E-state index in [9.17, 15) is 0 Å². The third kappa shape index (κ3) is 4.38. The van der Waals surface area contributed by atoms with Gasteiger partial charge in [0.15, 0.2) is 8.32 Å². The van der Waals surface area contributed by atoms with Gasteiger partial charge in [-0.15, -0.1) is 0 Å². The predicted molar refractivity (Wildman–Crippen MR) is 73.8 cm³/mol. The van der Waals surface area contributed by atoms with Crippen molar-refractivity contribution in [3.8, 4) is 0 Å². The Morgan fingerprint density at radius 2 is 2.06 bits per heavy atom. The van der Waals surface area contributed by atoms with Crippen LogP contribution in [0.2, 0.25) is 19.1 Å². The lowest BCUT2D eigenvalue weighted by Gasteiger charge is -2.24. The number of ether oxygens (including phenoxy) is 1. The summed E-state index contributed by atoms with van der Waals surface area (Å²) in [5.41, 5.74) is 0. The van der Waals surface area contributed by atoms with Crippen LogP contribution in [0.1, 0.15) is 45.4 Å². The number of hydrogen-bond donors (Lipinski definition) is 0. The zero-order valence-corrected chi connectivity index (χ0v) is 12.7. The molecule has 1 aliphatic heterocycles. The van der Waals surface area contributed by atoms with Crippen LogP contribution in [-0.4, -0.2) is 27.1 Å². The van der Waals surface area contributed by atoms with Gasteiger partial charge in [-0.1, -0.05) is 19.8 Å². The van der Waals surface area contributed by atoms with Gasteiger partial charge in [0.1, 0.15) is 0 Å². The standard InChI is InChI=1S/C14H28O2Si/c1-4-9-15-17(2,3)10-5-6-12-7-8-13-14(11-12)16-13/h12-14H,4-11H2,1-3H3. The number of epoxide rings is 1. The highest BCUT2D eigenvalue weighted by Crippen LogP contribution is 2.41. The molecule has 2 rings (SSSR count). The molecular weight excluding hydrogens is 228 g/mol. The van der Waals surface area contributed by atoms with Gasteiger partial charge in [0, 0.05) is 6.61 Å². The summed E-state index contributed by atoms with van der Waals surface area (Å²) < 4.78 is 11.6. The molecule has 1 heterocycles. The molecule has 0 N–H and O–H groups in total. The van der Waals surface area contributed by atoms with E-state index in [1.54, 1.807) is 0 Å². The van der Waals surface area contributed by atoms with Crippen molar-refractivity contribution in [2.24, 2.45) is 5.92 Å². The van der Waals surface area contributed by atoms with Gasteiger partial charge in [-0.2, -0.15) is 0 Å². The van der Waals surface area contributed by atoms with Crippen LogP contribution in [0, 0.1) is 5.92 Å². The molecule has 17 heavy (non-hydrogen) atoms. The van der Waals surface area contributed by atoms with E-state index in [0.29, 0.717) is 12.2 Å². The summed E-state index contributed by atoms with van der Waals surface area (Å²) in [6, 6.07) is 1.33. The summed E-state index contributed by atoms with van der Waals surface area (Å²) in [6.45, 7) is 7.88. The Labute approximate surface area is 107 Å². The lowest BCUT2D eigenvalue weighted by molar-refractivity contribution is 0.302. The van der Waals surface area contributed by atoms with Crippen molar-refractivity contribution in [1.29, 1.82) is 0 Å². The van der Waals surface area contributed by atoms with E-state index < -0.39 is 8.32 Å². The smallest absolute Gasteiger partial charge is 0.186 e. The molecule has 1 aliphatic carbocycles. The monoisotopic (exact) mass is 256 g/mol. The van der Waals surface area contributed by atoms with Crippen LogP contribution in [-0.2, 0) is 9.16 Å². The second-order valence-corrected chi connectivity index (χ2v) is 10.7. The van der Waals surface area contributed by atoms with Gasteiger partial charge in [0.25, 0.3) is 0 Å². The van der Waals surface area contributed by atoms with Gasteiger partial charge >= 0.3 is 0 Å². The van der Waals surface area contributed by atoms with Crippen molar-refractivity contribution in [3.63, 3.8) is 0 Å². The fraction of sp³-hybridized carbons (Fsp3) is 1.00. The molecule has 2 nitrogen and oxygen atoms in total. The van der Waals surface area contributed by atoms with Gasteiger partial charge in [-0.3, -0.25) is 0 Å². The lowest BCUT2D eigenvalue weighted by atomic mass is 9.86. The second-order valence-electron chi connectivity index (χ2n) is 6.39. The van der Waals surface area contributed by atoms with Gasteiger partial charge < -0.3 is 9.16 Å². The van der Waals surface area contributed by atoms with E-state index >= 15 is 0 Å². The molecule has 0 bridgehead atoms. The molecule has 1 saturated heterocycles. The van der Waals surface area contributed by atoms with Gasteiger partial charge in [-0.05, 0) is 50.7 Å². The van der Waals surface area contributed by atoms with Crippen molar-refractivity contribution in [1.82, 2.24) is 0 Å². The molecule has 1 saturated carbocycles. The average molecular weight is 256 g/mol. The number of fused-ring (bicyclic) bond motifs is 1. The van der Waals surface area contributed by atoms with Crippen molar-refractivity contribution < 1.29 is 9.16 Å². The molecular formula is C14H28O2Si. The topological polar surface area (TPSA) is 21.8 Å². The minimum absolute atomic E-state index is 0.648. The van der Waals surface area contributed by atoms with E-state index in [1.807, 2.05) is 0 Å². The molecule has 2 aliphatic rings. The highest BCUT2D eigenvalue weighted by Gasteiger charge is 2.43. The zero-order valence-electron chi connectivity index (χ0n) is 11.7. The molecule has 0 radical (unpaired) electrons. The van der Waals surface area contributed by atoms with Crippen molar-refractivity contribution in [2.75, 3.05) is 6.61 Å². The predicted octanol–water partition coefficient (Wildman–Crippen LogP) is 3.97. The van der Waals surface area contributed by atoms with Crippen LogP contribution < -0.4 is 0 Å². The first-order valence-corrected chi connectivity index (χ1v) is 10.5. The summed E-state index contributed by atoms with van der Waals surface area (Å²) in [5.74, 6) is 0.940. The van der Waals surface area contributed by atoms with Gasteiger partial charge in [0.05, 0.1) is 12.2 Å². The maximum atomic E-state index is 6.01. The first kappa shape index (κ1) is 13.6. The molecule has 0 spiro atoms. The third-order valence-corrected chi connectivity index (χ3v) is 6.74. The zero-order chi connectivity index (χ0) is 12.3. The summed E-state index contributed by atoms with van der Waals surface area (Å²) in [4.78, 5) is 0. The van der Waals surface area contributed by atoms with Crippen molar-refractivity contribution in [2.45, 2.75) is 76.8 Å². The summed E-state index contributed by atoms with van der Waals surface area (Å²) in [7, 11) is -1.35. The molecule has 3 heteroatoms. The Kier molecular flexibility index (Phi) is 4.67. The van der Waals surface area contributed by atoms with Gasteiger partial charge in [0.2, 0.25) is 0 Å². The molecule has 3 unspecified atom stereocenters. The van der Waals surface area contributed by atoms with E-state index in [4.69, 9.17) is 9.16 Å². The van der Waals surface area contributed by atoms with E-state index in [0.717, 1.165) is 18.9 Å². The molecule has 0 aromatic heterocycles. The van der Waals surface area contributed by atoms with Crippen LogP contribution in [0.15, 0.2) is 0 Å². The first-order chi connectivity index (χ1) is 8.11. The maximum Gasteiger partial charge on any atom is 0.186 e. The summed E-state index contributed by atoms with van der Waals surface area (Å²) in [5, 5.41) is 0. The third-order valence-electron chi connectivity index (χ3n) is 4.20. The Balaban J connectivity index is 1.58. The van der Waals surface area contributed by atoms with E-state index in [1.165, 1.54) is 38.1 Å². The van der Waals surface area contributed by atoms with Crippen LogP contribution in [0.3, 0.4) is 0 Å². The highest BCUT2D eigenvalue weighted by atomic mass is 28.4. The lowest BCUT2D eigenvalue weighted by Crippen LogP contribution is -2.30. The number of rotatable bonds is 7. The minimum Gasteiger partial charge on any atom is -0.417 e. The largest absolute Gasteiger partial charge is 0.417 e. The molecule has 3 atom stereocenters. The van der Waals surface area contributed by atoms with Crippen LogP contribution in [0.4, 0.5) is 0 Å². The molecule has 0 amide bonds. The van der Waals surface area contributed by atoms with Crippen LogP contribution in [0.5, 0.6) is 0 Å². The van der Waals surface area contributed by atoms with Crippen LogP contribution >= 0.6 is 0 Å². The Morgan fingerprint density at radius 3 is 2.76 bits per heavy atom. The Hall–Kier alpha value is 0.137. The Bertz CT molecular complexity index is 242. The van der Waals surface area contributed by atoms with E-state index in [-0.39, 0.29) is 0 Å². The van der Waals surface area contributed by atoms with Gasteiger partial charge in [-0.25, -0.2) is 0 Å². The highest BCUT2D eigenvalue weighted by molar-refractivity contribution is 6.71. The molecule has 0 aromatic carbocycles. The summed E-state index contributed by atoms with van der Waals surface area (Å²) in [6.07, 6.45) is 9.28. The maximum absolute atomic E-state index is 6.01. The van der Waals surface area contributed by atoms with E-state index in [2.05, 4.69) is 20.0 Å². The fourth-order valence-corrected chi connectivity index (χ4v) is 4.97. The fourth-order valence-electron chi connectivity index (χ4n) is 3.02. The normalized spacial score (nSPS) is 32.3. The first-order valence-electron chi connectivity index (χ1n) is 7.40.